The van der Waals surface area contributed by atoms with Crippen molar-refractivity contribution in [1.82, 2.24) is 4.90 Å². The van der Waals surface area contributed by atoms with Gasteiger partial charge in [-0.05, 0) is 38.9 Å². The Kier molecular flexibility index (Phi) is 7.50. The van der Waals surface area contributed by atoms with Gasteiger partial charge in [0, 0.05) is 12.3 Å². The largest absolute Gasteiger partial charge is 0.303 e. The fourth-order valence-corrected chi connectivity index (χ4v) is 2.71. The maximum atomic E-state index is 11.6. The highest BCUT2D eigenvalue weighted by molar-refractivity contribution is 5.80. The van der Waals surface area contributed by atoms with Gasteiger partial charge in [-0.3, -0.25) is 4.79 Å². The molecule has 0 aromatic rings. The lowest BCUT2D eigenvalue weighted by Crippen LogP contribution is -2.36. The maximum absolute atomic E-state index is 11.6. The third-order valence-electron chi connectivity index (χ3n) is 3.97. The van der Waals surface area contributed by atoms with Crippen molar-refractivity contribution in [3.8, 4) is 0 Å². The van der Waals surface area contributed by atoms with Crippen LogP contribution in [0.2, 0.25) is 0 Å². The van der Waals surface area contributed by atoms with Gasteiger partial charge < -0.3 is 4.90 Å². The number of hydrogen-bond acceptors (Lipinski definition) is 2. The molecule has 1 heterocycles. The number of unbranched alkanes of at least 4 members (excludes halogenated alkanes) is 4. The molecular formula is C15H29NO. The third-order valence-corrected chi connectivity index (χ3v) is 3.97. The van der Waals surface area contributed by atoms with Gasteiger partial charge in [0.2, 0.25) is 0 Å². The van der Waals surface area contributed by atoms with Gasteiger partial charge in [0.05, 0.1) is 0 Å². The van der Waals surface area contributed by atoms with E-state index < -0.39 is 0 Å². The van der Waals surface area contributed by atoms with Gasteiger partial charge in [0.1, 0.15) is 5.78 Å². The Labute approximate surface area is 107 Å². The molecule has 0 N–H and O–H groups in total. The molecule has 100 valence electrons. The van der Waals surface area contributed by atoms with Crippen molar-refractivity contribution in [2.24, 2.45) is 5.92 Å². The molecule has 0 amide bonds. The molecule has 0 spiro atoms. The first kappa shape index (κ1) is 14.7. The van der Waals surface area contributed by atoms with Crippen LogP contribution in [0.5, 0.6) is 0 Å². The molecule has 1 aliphatic heterocycles. The van der Waals surface area contributed by atoms with Gasteiger partial charge in [0.15, 0.2) is 0 Å². The Morgan fingerprint density at radius 1 is 1.06 bits per heavy atom. The molecule has 1 saturated heterocycles. The topological polar surface area (TPSA) is 20.3 Å². The summed E-state index contributed by atoms with van der Waals surface area (Å²) in [6.45, 7) is 7.78. The summed E-state index contributed by atoms with van der Waals surface area (Å²) in [6.07, 6.45) is 9.73. The van der Waals surface area contributed by atoms with E-state index >= 15 is 0 Å². The first-order valence-corrected chi connectivity index (χ1v) is 7.53. The summed E-state index contributed by atoms with van der Waals surface area (Å²) in [6, 6.07) is 0. The Morgan fingerprint density at radius 3 is 2.29 bits per heavy atom. The van der Waals surface area contributed by atoms with Crippen molar-refractivity contribution in [2.45, 2.75) is 65.2 Å². The van der Waals surface area contributed by atoms with Crippen LogP contribution in [0.25, 0.3) is 0 Å². The summed E-state index contributed by atoms with van der Waals surface area (Å²) < 4.78 is 0. The van der Waals surface area contributed by atoms with E-state index in [0.29, 0.717) is 11.7 Å². The molecule has 0 unspecified atom stereocenters. The van der Waals surface area contributed by atoms with Crippen molar-refractivity contribution >= 4 is 5.78 Å². The lowest BCUT2D eigenvalue weighted by Gasteiger charge is -2.31. The number of nitrogens with zero attached hydrogens (tertiary/aromatic N) is 1. The predicted octanol–water partition coefficient (Wildman–Crippen LogP) is 3.65. The van der Waals surface area contributed by atoms with Gasteiger partial charge in [-0.25, -0.2) is 0 Å². The summed E-state index contributed by atoms with van der Waals surface area (Å²) in [5, 5.41) is 0. The number of ketones is 1. The van der Waals surface area contributed by atoms with Crippen LogP contribution in [-0.2, 0) is 4.79 Å². The third kappa shape index (κ3) is 5.67. The average molecular weight is 239 g/mol. The molecule has 17 heavy (non-hydrogen) atoms. The Balaban J connectivity index is 2.05. The summed E-state index contributed by atoms with van der Waals surface area (Å²) in [5.41, 5.74) is 0. The van der Waals surface area contributed by atoms with Crippen LogP contribution in [0, 0.1) is 5.92 Å². The van der Waals surface area contributed by atoms with Crippen molar-refractivity contribution in [1.29, 1.82) is 0 Å². The quantitative estimate of drug-likeness (QED) is 0.603. The van der Waals surface area contributed by atoms with Crippen LogP contribution in [0.15, 0.2) is 0 Å². The Hall–Kier alpha value is -0.370. The second kappa shape index (κ2) is 8.68. The fraction of sp³-hybridized carbons (Fsp3) is 0.933. The number of carbonyl (C=O) groups is 1. The lowest BCUT2D eigenvalue weighted by atomic mass is 9.91. The second-order valence-electron chi connectivity index (χ2n) is 5.35. The second-order valence-corrected chi connectivity index (χ2v) is 5.35. The molecule has 0 bridgehead atoms. The SMILES string of the molecule is CCCCCCCN1CCC(C(=O)CC)CC1. The summed E-state index contributed by atoms with van der Waals surface area (Å²) in [7, 11) is 0. The number of carbonyl (C=O) groups excluding carboxylic acids is 1. The number of piperidine rings is 1. The van der Waals surface area contributed by atoms with Crippen LogP contribution in [0.4, 0.5) is 0 Å². The van der Waals surface area contributed by atoms with Crippen LogP contribution in [0.1, 0.15) is 65.2 Å². The van der Waals surface area contributed by atoms with Crippen molar-refractivity contribution < 1.29 is 4.79 Å². The molecule has 0 aliphatic carbocycles. The fourth-order valence-electron chi connectivity index (χ4n) is 2.71. The highest BCUT2D eigenvalue weighted by Crippen LogP contribution is 2.19. The number of likely N-dealkylation sites (tertiary alicyclic amines) is 1. The van der Waals surface area contributed by atoms with E-state index in [4.69, 9.17) is 0 Å². The molecule has 0 atom stereocenters. The summed E-state index contributed by atoms with van der Waals surface area (Å²) >= 11 is 0. The first-order valence-electron chi connectivity index (χ1n) is 7.53. The van der Waals surface area contributed by atoms with E-state index in [0.717, 1.165) is 32.4 Å². The van der Waals surface area contributed by atoms with Gasteiger partial charge in [-0.15, -0.1) is 0 Å². The summed E-state index contributed by atoms with van der Waals surface area (Å²) in [5.74, 6) is 0.851. The molecule has 2 heteroatoms. The van der Waals surface area contributed by atoms with Crippen LogP contribution in [0.3, 0.4) is 0 Å². The Bertz CT molecular complexity index is 207. The van der Waals surface area contributed by atoms with Gasteiger partial charge in [-0.2, -0.15) is 0 Å². The number of hydrogen-bond donors (Lipinski definition) is 0. The highest BCUT2D eigenvalue weighted by Gasteiger charge is 2.22. The van der Waals surface area contributed by atoms with E-state index in [2.05, 4.69) is 11.8 Å². The minimum Gasteiger partial charge on any atom is -0.303 e. The normalized spacial score (nSPS) is 18.5. The van der Waals surface area contributed by atoms with E-state index in [-0.39, 0.29) is 0 Å². The van der Waals surface area contributed by atoms with E-state index in [1.165, 1.54) is 38.6 Å². The molecule has 1 fully saturated rings. The zero-order chi connectivity index (χ0) is 12.5. The molecule has 1 rings (SSSR count). The molecule has 1 aliphatic rings. The highest BCUT2D eigenvalue weighted by atomic mass is 16.1. The van der Waals surface area contributed by atoms with E-state index in [1.54, 1.807) is 0 Å². The van der Waals surface area contributed by atoms with Crippen LogP contribution >= 0.6 is 0 Å². The van der Waals surface area contributed by atoms with Crippen LogP contribution in [-0.4, -0.2) is 30.3 Å². The maximum Gasteiger partial charge on any atom is 0.135 e. The monoisotopic (exact) mass is 239 g/mol. The van der Waals surface area contributed by atoms with E-state index in [9.17, 15) is 4.79 Å². The minimum absolute atomic E-state index is 0.372. The number of rotatable bonds is 8. The lowest BCUT2D eigenvalue weighted by molar-refractivity contribution is -0.123. The average Bonchev–Trinajstić information content (AvgIpc) is 2.38. The van der Waals surface area contributed by atoms with Gasteiger partial charge in [-0.1, -0.05) is 39.5 Å². The predicted molar refractivity (Wildman–Crippen MR) is 73.2 cm³/mol. The standard InChI is InChI=1S/C15H29NO/c1-3-5-6-7-8-11-16-12-9-14(10-13-16)15(17)4-2/h14H,3-13H2,1-2H3. The zero-order valence-electron chi connectivity index (χ0n) is 11.7. The van der Waals surface area contributed by atoms with Gasteiger partial charge in [0.25, 0.3) is 0 Å². The minimum atomic E-state index is 0.372. The molecule has 0 saturated carbocycles. The molecule has 0 aromatic heterocycles. The van der Waals surface area contributed by atoms with Crippen molar-refractivity contribution in [2.75, 3.05) is 19.6 Å². The number of Topliss-reactive ketones (excluding diaryl/α,β-unsaturated/α-hetero) is 1. The molecule has 0 aromatic carbocycles. The first-order chi connectivity index (χ1) is 8.27. The smallest absolute Gasteiger partial charge is 0.135 e. The van der Waals surface area contributed by atoms with Crippen molar-refractivity contribution in [3.63, 3.8) is 0 Å². The zero-order valence-corrected chi connectivity index (χ0v) is 11.7. The van der Waals surface area contributed by atoms with Crippen molar-refractivity contribution in [3.05, 3.63) is 0 Å². The summed E-state index contributed by atoms with van der Waals surface area (Å²) in [4.78, 5) is 14.1. The van der Waals surface area contributed by atoms with Crippen LogP contribution < -0.4 is 0 Å². The van der Waals surface area contributed by atoms with E-state index in [1.807, 2.05) is 6.92 Å². The molecule has 2 nitrogen and oxygen atoms in total. The Morgan fingerprint density at radius 2 is 1.71 bits per heavy atom. The van der Waals surface area contributed by atoms with Gasteiger partial charge >= 0.3 is 0 Å². The molecule has 0 radical (unpaired) electrons. The molecular weight excluding hydrogens is 210 g/mol.